The van der Waals surface area contributed by atoms with Gasteiger partial charge in [-0.25, -0.2) is 0 Å². The number of carbonyl (C=O) groups excluding carboxylic acids is 2. The standard InChI is InChI=1S/C28H46N4O4/c1-28(2,3)36-27(34)25(11-12-26(33)35-23-24-9-5-4-6-10-24)32-17-8-16-30-18-14-29-13-7-15-31(20-19-30)21-22-32/h4-6,9-10,25,29H,7-8,11-23H2,1-3H3. The second-order valence-corrected chi connectivity index (χ2v) is 10.9. The van der Waals surface area contributed by atoms with Crippen molar-refractivity contribution < 1.29 is 19.1 Å². The Balaban J connectivity index is 1.66. The summed E-state index contributed by atoms with van der Waals surface area (Å²) in [6.45, 7) is 15.8. The first-order chi connectivity index (χ1) is 17.3. The Morgan fingerprint density at radius 1 is 0.889 bits per heavy atom. The van der Waals surface area contributed by atoms with Gasteiger partial charge in [-0.1, -0.05) is 30.3 Å². The van der Waals surface area contributed by atoms with Gasteiger partial charge in [0.1, 0.15) is 18.2 Å². The Morgan fingerprint density at radius 3 is 2.33 bits per heavy atom. The zero-order valence-corrected chi connectivity index (χ0v) is 22.5. The van der Waals surface area contributed by atoms with Crippen LogP contribution in [0.4, 0.5) is 0 Å². The number of fused-ring (bicyclic) bond motifs is 3. The monoisotopic (exact) mass is 502 g/mol. The summed E-state index contributed by atoms with van der Waals surface area (Å²) in [7, 11) is 0. The van der Waals surface area contributed by atoms with E-state index in [0.717, 1.165) is 83.9 Å². The van der Waals surface area contributed by atoms with Gasteiger partial charge in [-0.3, -0.25) is 14.5 Å². The van der Waals surface area contributed by atoms with Crippen molar-refractivity contribution >= 4 is 11.9 Å². The minimum atomic E-state index is -0.576. The van der Waals surface area contributed by atoms with Crippen molar-refractivity contribution in [2.75, 3.05) is 65.4 Å². The van der Waals surface area contributed by atoms with Crippen molar-refractivity contribution in [3.05, 3.63) is 35.9 Å². The molecule has 3 rings (SSSR count). The molecule has 0 amide bonds. The number of nitrogens with zero attached hydrogens (tertiary/aromatic N) is 3. The fourth-order valence-corrected chi connectivity index (χ4v) is 4.82. The maximum Gasteiger partial charge on any atom is 0.323 e. The van der Waals surface area contributed by atoms with Crippen molar-refractivity contribution in [3.63, 3.8) is 0 Å². The van der Waals surface area contributed by atoms with E-state index in [0.29, 0.717) is 6.42 Å². The fourth-order valence-electron chi connectivity index (χ4n) is 4.82. The lowest BCUT2D eigenvalue weighted by molar-refractivity contribution is -0.162. The molecule has 3 atom stereocenters. The van der Waals surface area contributed by atoms with Gasteiger partial charge >= 0.3 is 11.9 Å². The quantitative estimate of drug-likeness (QED) is 0.571. The summed E-state index contributed by atoms with van der Waals surface area (Å²) in [5, 5.41) is 3.55. The zero-order chi connectivity index (χ0) is 25.8. The van der Waals surface area contributed by atoms with Gasteiger partial charge in [0.05, 0.1) is 0 Å². The van der Waals surface area contributed by atoms with Gasteiger partial charge in [0.15, 0.2) is 0 Å². The maximum atomic E-state index is 13.3. The Labute approximate surface area is 217 Å². The number of esters is 2. The molecule has 8 nitrogen and oxygen atoms in total. The van der Waals surface area contributed by atoms with Crippen molar-refractivity contribution in [1.29, 1.82) is 0 Å². The highest BCUT2D eigenvalue weighted by molar-refractivity contribution is 5.77. The number of benzene rings is 1. The van der Waals surface area contributed by atoms with Crippen LogP contribution in [-0.4, -0.2) is 104 Å². The predicted octanol–water partition coefficient (Wildman–Crippen LogP) is 2.52. The Kier molecular flexibility index (Phi) is 11.6. The third-order valence-corrected chi connectivity index (χ3v) is 6.77. The smallest absolute Gasteiger partial charge is 0.323 e. The molecule has 2 bridgehead atoms. The van der Waals surface area contributed by atoms with E-state index < -0.39 is 11.6 Å². The summed E-state index contributed by atoms with van der Waals surface area (Å²) in [5.41, 5.74) is 0.381. The lowest BCUT2D eigenvalue weighted by Crippen LogP contribution is -2.51. The van der Waals surface area contributed by atoms with Crippen LogP contribution in [0, 0.1) is 0 Å². The molecule has 36 heavy (non-hydrogen) atoms. The number of ether oxygens (including phenoxy) is 2. The predicted molar refractivity (Wildman–Crippen MR) is 142 cm³/mol. The van der Waals surface area contributed by atoms with Crippen molar-refractivity contribution in [2.45, 2.75) is 64.7 Å². The van der Waals surface area contributed by atoms with Gasteiger partial charge in [-0.15, -0.1) is 0 Å². The van der Waals surface area contributed by atoms with Crippen LogP contribution in [0.5, 0.6) is 0 Å². The molecular formula is C28H46N4O4. The maximum absolute atomic E-state index is 13.3. The highest BCUT2D eigenvalue weighted by Crippen LogP contribution is 2.17. The summed E-state index contributed by atoms with van der Waals surface area (Å²) in [6.07, 6.45) is 2.70. The van der Waals surface area contributed by atoms with E-state index >= 15 is 0 Å². The lowest BCUT2D eigenvalue weighted by atomic mass is 10.1. The number of hydrogen-bond donors (Lipinski definition) is 1. The van der Waals surface area contributed by atoms with Crippen LogP contribution in [0.15, 0.2) is 30.3 Å². The largest absolute Gasteiger partial charge is 0.461 e. The van der Waals surface area contributed by atoms with Crippen LogP contribution in [0.25, 0.3) is 0 Å². The van der Waals surface area contributed by atoms with E-state index in [1.54, 1.807) is 0 Å². The van der Waals surface area contributed by atoms with Gasteiger partial charge in [-0.05, 0) is 65.2 Å². The van der Waals surface area contributed by atoms with E-state index in [9.17, 15) is 9.59 Å². The van der Waals surface area contributed by atoms with Gasteiger partial charge in [0.2, 0.25) is 0 Å². The molecule has 3 unspecified atom stereocenters. The van der Waals surface area contributed by atoms with E-state index in [-0.39, 0.29) is 25.0 Å². The minimum Gasteiger partial charge on any atom is -0.461 e. The normalized spacial score (nSPS) is 23.4. The molecule has 8 heteroatoms. The molecule has 0 aliphatic carbocycles. The molecule has 1 aromatic carbocycles. The molecule has 0 saturated carbocycles. The second-order valence-electron chi connectivity index (χ2n) is 10.9. The lowest BCUT2D eigenvalue weighted by Gasteiger charge is -2.37. The van der Waals surface area contributed by atoms with Crippen LogP contribution in [0.3, 0.4) is 0 Å². The van der Waals surface area contributed by atoms with Crippen molar-refractivity contribution in [1.82, 2.24) is 20.0 Å². The first kappa shape index (κ1) is 28.6. The average Bonchev–Trinajstić information content (AvgIpc) is 2.84. The SMILES string of the molecule is CC(C)(C)OC(=O)C(CCC(=O)OCc1ccccc1)N1CCCN2CCNCCCN(CC2)CC1. The van der Waals surface area contributed by atoms with Crippen molar-refractivity contribution in [2.24, 2.45) is 0 Å². The van der Waals surface area contributed by atoms with E-state index in [4.69, 9.17) is 9.47 Å². The third-order valence-electron chi connectivity index (χ3n) is 6.77. The molecule has 2 aliphatic rings. The molecule has 2 aliphatic heterocycles. The molecular weight excluding hydrogens is 456 g/mol. The summed E-state index contributed by atoms with van der Waals surface area (Å²) in [6, 6.07) is 9.21. The average molecular weight is 503 g/mol. The summed E-state index contributed by atoms with van der Waals surface area (Å²) in [4.78, 5) is 33.2. The first-order valence-electron chi connectivity index (χ1n) is 13.6. The molecule has 1 N–H and O–H groups in total. The van der Waals surface area contributed by atoms with Crippen LogP contribution in [0.2, 0.25) is 0 Å². The highest BCUT2D eigenvalue weighted by atomic mass is 16.6. The van der Waals surface area contributed by atoms with E-state index in [1.807, 2.05) is 51.1 Å². The van der Waals surface area contributed by atoms with Crippen LogP contribution in [0.1, 0.15) is 52.0 Å². The summed E-state index contributed by atoms with van der Waals surface area (Å²) >= 11 is 0. The fraction of sp³-hybridized carbons (Fsp3) is 0.714. The van der Waals surface area contributed by atoms with Gasteiger partial charge < -0.3 is 24.6 Å². The number of nitrogens with one attached hydrogen (secondary N) is 1. The van der Waals surface area contributed by atoms with Crippen LogP contribution >= 0.6 is 0 Å². The molecule has 2 heterocycles. The van der Waals surface area contributed by atoms with Gasteiger partial charge in [0.25, 0.3) is 0 Å². The molecule has 202 valence electrons. The Hall–Kier alpha value is -2.00. The van der Waals surface area contributed by atoms with Gasteiger partial charge in [0, 0.05) is 52.2 Å². The third kappa shape index (κ3) is 10.5. The van der Waals surface area contributed by atoms with Crippen LogP contribution < -0.4 is 5.32 Å². The minimum absolute atomic E-state index is 0.189. The van der Waals surface area contributed by atoms with Crippen molar-refractivity contribution in [3.8, 4) is 0 Å². The van der Waals surface area contributed by atoms with Gasteiger partial charge in [-0.2, -0.15) is 0 Å². The molecule has 0 radical (unpaired) electrons. The summed E-state index contributed by atoms with van der Waals surface area (Å²) in [5.74, 6) is -0.528. The Bertz CT molecular complexity index is 798. The topological polar surface area (TPSA) is 74.4 Å². The number of carbonyl (C=O) groups is 2. The number of hydrogen-bond acceptors (Lipinski definition) is 8. The summed E-state index contributed by atoms with van der Waals surface area (Å²) < 4.78 is 11.3. The molecule has 2 fully saturated rings. The van der Waals surface area contributed by atoms with E-state index in [2.05, 4.69) is 20.0 Å². The number of rotatable bonds is 7. The second kappa shape index (κ2) is 14.7. The van der Waals surface area contributed by atoms with Crippen LogP contribution in [-0.2, 0) is 25.7 Å². The van der Waals surface area contributed by atoms with E-state index in [1.165, 1.54) is 0 Å². The first-order valence-corrected chi connectivity index (χ1v) is 13.6. The molecule has 2 saturated heterocycles. The molecule has 0 spiro atoms. The zero-order valence-electron chi connectivity index (χ0n) is 22.5. The molecule has 1 aromatic rings. The molecule has 0 aromatic heterocycles. The highest BCUT2D eigenvalue weighted by Gasteiger charge is 2.31. The Morgan fingerprint density at radius 2 is 1.58 bits per heavy atom.